The van der Waals surface area contributed by atoms with E-state index in [0.29, 0.717) is 0 Å². The Morgan fingerprint density at radius 1 is 1.33 bits per heavy atom. The predicted octanol–water partition coefficient (Wildman–Crippen LogP) is 2.81. The number of unbranched alkanes of at least 4 members (excludes halogenated alkanes) is 2. The van der Waals surface area contributed by atoms with Gasteiger partial charge in [-0.15, -0.1) is 0 Å². The van der Waals surface area contributed by atoms with Crippen molar-refractivity contribution in [2.45, 2.75) is 32.6 Å². The maximum absolute atomic E-state index is 4.20. The van der Waals surface area contributed by atoms with E-state index in [0.717, 1.165) is 10.1 Å². The maximum Gasteiger partial charge on any atom is 0.116 e. The molecule has 0 aliphatic heterocycles. The van der Waals surface area contributed by atoms with Crippen molar-refractivity contribution in [2.75, 3.05) is 0 Å². The standard InChI is InChI=1S/C9H13IN2/c1-2-3-4-5-8-6-9(10)12-7-11-8/h6-7H,2-5H2,1H3. The van der Waals surface area contributed by atoms with Gasteiger partial charge < -0.3 is 0 Å². The summed E-state index contributed by atoms with van der Waals surface area (Å²) < 4.78 is 1.04. The first-order valence-corrected chi connectivity index (χ1v) is 5.37. The van der Waals surface area contributed by atoms with Crippen LogP contribution in [0.25, 0.3) is 0 Å². The van der Waals surface area contributed by atoms with Crippen molar-refractivity contribution in [3.8, 4) is 0 Å². The summed E-state index contributed by atoms with van der Waals surface area (Å²) in [7, 11) is 0. The van der Waals surface area contributed by atoms with E-state index in [4.69, 9.17) is 0 Å². The zero-order valence-electron chi connectivity index (χ0n) is 7.26. The van der Waals surface area contributed by atoms with Gasteiger partial charge in [0.05, 0.1) is 0 Å². The van der Waals surface area contributed by atoms with Crippen LogP contribution in [0.5, 0.6) is 0 Å². The lowest BCUT2D eigenvalue weighted by atomic mass is 10.1. The number of hydrogen-bond donors (Lipinski definition) is 0. The molecule has 0 bridgehead atoms. The molecule has 12 heavy (non-hydrogen) atoms. The predicted molar refractivity (Wildman–Crippen MR) is 58.0 cm³/mol. The van der Waals surface area contributed by atoms with Gasteiger partial charge in [-0.05, 0) is 41.5 Å². The van der Waals surface area contributed by atoms with Crippen LogP contribution in [-0.2, 0) is 6.42 Å². The SMILES string of the molecule is CCCCCc1cc(I)ncn1. The van der Waals surface area contributed by atoms with Crippen LogP contribution in [0.1, 0.15) is 31.9 Å². The van der Waals surface area contributed by atoms with Gasteiger partial charge in [-0.2, -0.15) is 0 Å². The first kappa shape index (κ1) is 9.89. The van der Waals surface area contributed by atoms with Gasteiger partial charge in [-0.1, -0.05) is 19.8 Å². The van der Waals surface area contributed by atoms with Crippen LogP contribution in [0, 0.1) is 3.70 Å². The second-order valence-electron chi connectivity index (χ2n) is 2.79. The number of nitrogens with zero attached hydrogens (tertiary/aromatic N) is 2. The first-order valence-electron chi connectivity index (χ1n) is 4.29. The fourth-order valence-corrected chi connectivity index (χ4v) is 1.55. The number of rotatable bonds is 4. The molecule has 0 unspecified atom stereocenters. The van der Waals surface area contributed by atoms with Crippen molar-refractivity contribution in [3.63, 3.8) is 0 Å². The maximum atomic E-state index is 4.20. The fourth-order valence-electron chi connectivity index (χ4n) is 1.06. The summed E-state index contributed by atoms with van der Waals surface area (Å²) in [6.07, 6.45) is 6.53. The monoisotopic (exact) mass is 276 g/mol. The summed E-state index contributed by atoms with van der Waals surface area (Å²) in [6.45, 7) is 2.21. The highest BCUT2D eigenvalue weighted by atomic mass is 127. The van der Waals surface area contributed by atoms with Crippen LogP contribution in [0.4, 0.5) is 0 Å². The Kier molecular flexibility index (Phi) is 4.50. The van der Waals surface area contributed by atoms with E-state index in [-0.39, 0.29) is 0 Å². The molecule has 0 N–H and O–H groups in total. The van der Waals surface area contributed by atoms with Crippen LogP contribution in [0.3, 0.4) is 0 Å². The van der Waals surface area contributed by atoms with Crippen molar-refractivity contribution >= 4 is 22.6 Å². The van der Waals surface area contributed by atoms with E-state index < -0.39 is 0 Å². The van der Waals surface area contributed by atoms with E-state index in [1.54, 1.807) is 6.33 Å². The van der Waals surface area contributed by atoms with Crippen molar-refractivity contribution in [1.82, 2.24) is 9.97 Å². The molecule has 1 heterocycles. The first-order chi connectivity index (χ1) is 5.83. The van der Waals surface area contributed by atoms with E-state index in [9.17, 15) is 0 Å². The lowest BCUT2D eigenvalue weighted by Gasteiger charge is -1.98. The Hall–Kier alpha value is -0.190. The minimum atomic E-state index is 1.04. The average Bonchev–Trinajstić information content (AvgIpc) is 2.05. The Morgan fingerprint density at radius 2 is 2.17 bits per heavy atom. The van der Waals surface area contributed by atoms with Gasteiger partial charge in [0.25, 0.3) is 0 Å². The van der Waals surface area contributed by atoms with Gasteiger partial charge in [0.15, 0.2) is 0 Å². The summed E-state index contributed by atoms with van der Waals surface area (Å²) in [4.78, 5) is 8.24. The van der Waals surface area contributed by atoms with Crippen LogP contribution in [0.2, 0.25) is 0 Å². The highest BCUT2D eigenvalue weighted by molar-refractivity contribution is 14.1. The van der Waals surface area contributed by atoms with Crippen molar-refractivity contribution in [3.05, 3.63) is 21.8 Å². The van der Waals surface area contributed by atoms with E-state index in [1.807, 2.05) is 0 Å². The second-order valence-corrected chi connectivity index (χ2v) is 3.89. The topological polar surface area (TPSA) is 25.8 Å². The molecule has 1 rings (SSSR count). The Morgan fingerprint density at radius 3 is 2.83 bits per heavy atom. The molecule has 0 saturated heterocycles. The molecule has 0 aliphatic rings. The summed E-state index contributed by atoms with van der Waals surface area (Å²) in [6, 6.07) is 2.05. The van der Waals surface area contributed by atoms with Crippen LogP contribution >= 0.6 is 22.6 Å². The molecule has 3 heteroatoms. The summed E-state index contributed by atoms with van der Waals surface area (Å²) in [5.74, 6) is 0. The zero-order chi connectivity index (χ0) is 8.81. The van der Waals surface area contributed by atoms with Crippen molar-refractivity contribution < 1.29 is 0 Å². The lowest BCUT2D eigenvalue weighted by Crippen LogP contribution is -1.92. The molecule has 0 radical (unpaired) electrons. The smallest absolute Gasteiger partial charge is 0.116 e. The molecule has 0 spiro atoms. The quantitative estimate of drug-likeness (QED) is 0.480. The molecule has 66 valence electrons. The number of halogens is 1. The second kappa shape index (κ2) is 5.45. The molecule has 0 aliphatic carbocycles. The Bertz CT molecular complexity index is 238. The molecule has 2 nitrogen and oxygen atoms in total. The molecule has 0 atom stereocenters. The number of aryl methyl sites for hydroxylation is 1. The molecular weight excluding hydrogens is 263 g/mol. The van der Waals surface area contributed by atoms with E-state index in [2.05, 4.69) is 45.5 Å². The molecule has 1 aromatic heterocycles. The minimum absolute atomic E-state index is 1.04. The summed E-state index contributed by atoms with van der Waals surface area (Å²) >= 11 is 2.22. The summed E-state index contributed by atoms with van der Waals surface area (Å²) in [5, 5.41) is 0. The molecule has 0 aromatic carbocycles. The Labute approximate surface area is 87.0 Å². The third kappa shape index (κ3) is 3.47. The van der Waals surface area contributed by atoms with Gasteiger partial charge in [-0.3, -0.25) is 0 Å². The van der Waals surface area contributed by atoms with Crippen LogP contribution in [-0.4, -0.2) is 9.97 Å². The fraction of sp³-hybridized carbons (Fsp3) is 0.556. The largest absolute Gasteiger partial charge is 0.241 e. The zero-order valence-corrected chi connectivity index (χ0v) is 9.41. The van der Waals surface area contributed by atoms with Crippen molar-refractivity contribution in [2.24, 2.45) is 0 Å². The van der Waals surface area contributed by atoms with Crippen molar-refractivity contribution in [1.29, 1.82) is 0 Å². The van der Waals surface area contributed by atoms with Gasteiger partial charge >= 0.3 is 0 Å². The molecule has 1 aromatic rings. The molecule has 0 saturated carbocycles. The highest BCUT2D eigenvalue weighted by Crippen LogP contribution is 2.05. The summed E-state index contributed by atoms with van der Waals surface area (Å²) in [5.41, 5.74) is 1.17. The van der Waals surface area contributed by atoms with E-state index in [1.165, 1.54) is 25.0 Å². The number of aromatic nitrogens is 2. The molecular formula is C9H13IN2. The van der Waals surface area contributed by atoms with Gasteiger partial charge in [0, 0.05) is 5.69 Å². The van der Waals surface area contributed by atoms with Crippen LogP contribution < -0.4 is 0 Å². The Balaban J connectivity index is 2.41. The van der Waals surface area contributed by atoms with Gasteiger partial charge in [0.1, 0.15) is 10.0 Å². The highest BCUT2D eigenvalue weighted by Gasteiger charge is 1.95. The molecule has 0 amide bonds. The van der Waals surface area contributed by atoms with Gasteiger partial charge in [0.2, 0.25) is 0 Å². The minimum Gasteiger partial charge on any atom is -0.241 e. The third-order valence-corrected chi connectivity index (χ3v) is 2.32. The normalized spacial score (nSPS) is 10.2. The third-order valence-electron chi connectivity index (χ3n) is 1.73. The molecule has 0 fully saturated rings. The van der Waals surface area contributed by atoms with Crippen LogP contribution in [0.15, 0.2) is 12.4 Å². The van der Waals surface area contributed by atoms with E-state index >= 15 is 0 Å². The average molecular weight is 276 g/mol. The van der Waals surface area contributed by atoms with Gasteiger partial charge in [-0.25, -0.2) is 9.97 Å². The number of hydrogen-bond acceptors (Lipinski definition) is 2. The lowest BCUT2D eigenvalue weighted by molar-refractivity contribution is 0.705.